The van der Waals surface area contributed by atoms with Gasteiger partial charge in [0.05, 0.1) is 15.9 Å². The molecule has 4 heteroatoms. The topological polar surface area (TPSA) is 42.2 Å². The lowest BCUT2D eigenvalue weighted by Gasteiger charge is -2.12. The van der Waals surface area contributed by atoms with Crippen LogP contribution in [-0.4, -0.2) is 19.1 Å². The molecule has 0 spiro atoms. The van der Waals surface area contributed by atoms with Crippen molar-refractivity contribution in [2.24, 2.45) is 0 Å². The van der Waals surface area contributed by atoms with E-state index in [2.05, 4.69) is 16.0 Å². The highest BCUT2D eigenvalue weighted by molar-refractivity contribution is 7.22. The monoisotopic (exact) mass is 193 g/mol. The molecule has 2 rings (SSSR count). The lowest BCUT2D eigenvalue weighted by atomic mass is 10.3. The molecule has 2 N–H and O–H groups in total. The third-order valence-corrected chi connectivity index (χ3v) is 2.82. The van der Waals surface area contributed by atoms with Crippen molar-refractivity contribution < 1.29 is 0 Å². The molecule has 1 aromatic heterocycles. The summed E-state index contributed by atoms with van der Waals surface area (Å²) >= 11 is 1.53. The third kappa shape index (κ3) is 1.33. The normalized spacial score (nSPS) is 10.6. The quantitative estimate of drug-likeness (QED) is 0.752. The molecular formula is C9H11N3S. The summed E-state index contributed by atoms with van der Waals surface area (Å²) < 4.78 is 1.16. The second kappa shape index (κ2) is 2.88. The predicted octanol–water partition coefficient (Wildman–Crippen LogP) is 1.94. The number of hydrogen-bond acceptors (Lipinski definition) is 4. The van der Waals surface area contributed by atoms with E-state index in [1.807, 2.05) is 26.2 Å². The van der Waals surface area contributed by atoms with Crippen LogP contribution >= 0.6 is 11.3 Å². The Labute approximate surface area is 80.8 Å². The molecule has 2 aromatic rings. The van der Waals surface area contributed by atoms with Crippen LogP contribution in [0.4, 0.5) is 10.8 Å². The number of hydrogen-bond donors (Lipinski definition) is 1. The number of nitrogen functional groups attached to an aromatic ring is 1. The van der Waals surface area contributed by atoms with Crippen molar-refractivity contribution in [3.8, 4) is 0 Å². The van der Waals surface area contributed by atoms with Crippen LogP contribution in [0.1, 0.15) is 0 Å². The Morgan fingerprint density at radius 1 is 1.38 bits per heavy atom. The van der Waals surface area contributed by atoms with Gasteiger partial charge in [0.1, 0.15) is 0 Å². The average molecular weight is 193 g/mol. The van der Waals surface area contributed by atoms with Gasteiger partial charge in [-0.2, -0.15) is 0 Å². The van der Waals surface area contributed by atoms with Gasteiger partial charge in [-0.25, -0.2) is 4.98 Å². The molecule has 0 saturated heterocycles. The van der Waals surface area contributed by atoms with E-state index in [9.17, 15) is 0 Å². The molecule has 0 fully saturated rings. The van der Waals surface area contributed by atoms with Crippen molar-refractivity contribution in [3.63, 3.8) is 0 Å². The van der Waals surface area contributed by atoms with Crippen LogP contribution in [0.15, 0.2) is 18.2 Å². The maximum absolute atomic E-state index is 5.65. The Morgan fingerprint density at radius 3 is 2.85 bits per heavy atom. The van der Waals surface area contributed by atoms with Gasteiger partial charge in [0, 0.05) is 14.1 Å². The highest BCUT2D eigenvalue weighted by Crippen LogP contribution is 2.31. The van der Waals surface area contributed by atoms with Crippen LogP contribution in [-0.2, 0) is 0 Å². The first-order valence-corrected chi connectivity index (χ1v) is 4.82. The van der Waals surface area contributed by atoms with E-state index in [4.69, 9.17) is 5.73 Å². The zero-order chi connectivity index (χ0) is 9.42. The van der Waals surface area contributed by atoms with E-state index in [1.165, 1.54) is 17.0 Å². The summed E-state index contributed by atoms with van der Waals surface area (Å²) in [6.45, 7) is 0. The van der Waals surface area contributed by atoms with Crippen LogP contribution in [0.5, 0.6) is 0 Å². The predicted molar refractivity (Wildman–Crippen MR) is 58.4 cm³/mol. The second-order valence-corrected chi connectivity index (χ2v) is 4.10. The fraction of sp³-hybridized carbons (Fsp3) is 0.222. The zero-order valence-electron chi connectivity index (χ0n) is 7.61. The Bertz CT molecular complexity index is 433. The van der Waals surface area contributed by atoms with Crippen LogP contribution in [0.3, 0.4) is 0 Å². The van der Waals surface area contributed by atoms with Gasteiger partial charge < -0.3 is 10.6 Å². The number of nitrogens with zero attached hydrogens (tertiary/aromatic N) is 2. The first-order valence-electron chi connectivity index (χ1n) is 4.01. The van der Waals surface area contributed by atoms with Gasteiger partial charge >= 0.3 is 0 Å². The van der Waals surface area contributed by atoms with Crippen LogP contribution in [0.2, 0.25) is 0 Å². The van der Waals surface area contributed by atoms with Crippen molar-refractivity contribution in [1.29, 1.82) is 0 Å². The van der Waals surface area contributed by atoms with Crippen LogP contribution in [0.25, 0.3) is 10.2 Å². The van der Waals surface area contributed by atoms with E-state index in [0.29, 0.717) is 5.13 Å². The number of nitrogens with two attached hydrogens (primary N) is 1. The van der Waals surface area contributed by atoms with E-state index in [-0.39, 0.29) is 0 Å². The Hall–Kier alpha value is -1.29. The highest BCUT2D eigenvalue weighted by Gasteiger charge is 2.06. The molecule has 0 aliphatic heterocycles. The summed E-state index contributed by atoms with van der Waals surface area (Å²) in [7, 11) is 4.04. The van der Waals surface area contributed by atoms with Crippen molar-refractivity contribution >= 4 is 32.4 Å². The molecule has 0 radical (unpaired) electrons. The van der Waals surface area contributed by atoms with Gasteiger partial charge in [-0.3, -0.25) is 0 Å². The summed E-state index contributed by atoms with van der Waals surface area (Å²) in [4.78, 5) is 6.30. The smallest absolute Gasteiger partial charge is 0.181 e. The fourth-order valence-corrected chi connectivity index (χ4v) is 2.23. The molecule has 68 valence electrons. The fourth-order valence-electron chi connectivity index (χ4n) is 1.30. The van der Waals surface area contributed by atoms with Gasteiger partial charge in [0.2, 0.25) is 0 Å². The number of benzene rings is 1. The molecule has 13 heavy (non-hydrogen) atoms. The Kier molecular flexibility index (Phi) is 1.84. The highest BCUT2D eigenvalue weighted by atomic mass is 32.1. The van der Waals surface area contributed by atoms with E-state index in [1.54, 1.807) is 0 Å². The molecule has 0 atom stereocenters. The van der Waals surface area contributed by atoms with Crippen molar-refractivity contribution in [3.05, 3.63) is 18.2 Å². The van der Waals surface area contributed by atoms with Crippen LogP contribution < -0.4 is 10.6 Å². The zero-order valence-corrected chi connectivity index (χ0v) is 8.43. The number of rotatable bonds is 1. The number of aromatic nitrogens is 1. The summed E-state index contributed by atoms with van der Waals surface area (Å²) in [5.74, 6) is 0. The molecule has 0 aliphatic carbocycles. The molecular weight excluding hydrogens is 182 g/mol. The maximum Gasteiger partial charge on any atom is 0.181 e. The van der Waals surface area contributed by atoms with Crippen molar-refractivity contribution in [2.45, 2.75) is 0 Å². The summed E-state index contributed by atoms with van der Waals surface area (Å²) in [6.07, 6.45) is 0. The number of anilines is 2. The number of fused-ring (bicyclic) bond motifs is 1. The SMILES string of the molecule is CN(C)c1cccc2nc(N)sc12. The average Bonchev–Trinajstić information content (AvgIpc) is 2.43. The van der Waals surface area contributed by atoms with Gasteiger partial charge in [0.15, 0.2) is 5.13 Å². The molecule has 0 aliphatic rings. The van der Waals surface area contributed by atoms with Crippen molar-refractivity contribution in [2.75, 3.05) is 24.7 Å². The minimum atomic E-state index is 0.629. The lowest BCUT2D eigenvalue weighted by Crippen LogP contribution is -2.08. The Morgan fingerprint density at radius 2 is 2.15 bits per heavy atom. The largest absolute Gasteiger partial charge is 0.376 e. The van der Waals surface area contributed by atoms with Gasteiger partial charge in [-0.15, -0.1) is 0 Å². The van der Waals surface area contributed by atoms with Gasteiger partial charge in [0.25, 0.3) is 0 Å². The summed E-state index contributed by atoms with van der Waals surface area (Å²) in [5.41, 5.74) is 7.80. The van der Waals surface area contributed by atoms with E-state index >= 15 is 0 Å². The molecule has 1 aromatic carbocycles. The summed E-state index contributed by atoms with van der Waals surface area (Å²) in [6, 6.07) is 6.05. The minimum absolute atomic E-state index is 0.629. The van der Waals surface area contributed by atoms with Crippen molar-refractivity contribution in [1.82, 2.24) is 4.98 Å². The second-order valence-electron chi connectivity index (χ2n) is 3.07. The van der Waals surface area contributed by atoms with Crippen LogP contribution in [0, 0.1) is 0 Å². The van der Waals surface area contributed by atoms with Gasteiger partial charge in [-0.05, 0) is 12.1 Å². The maximum atomic E-state index is 5.65. The molecule has 0 saturated carbocycles. The number of thiazole rings is 1. The molecule has 0 amide bonds. The summed E-state index contributed by atoms with van der Waals surface area (Å²) in [5, 5.41) is 0.629. The lowest BCUT2D eigenvalue weighted by molar-refractivity contribution is 1.14. The van der Waals surface area contributed by atoms with Gasteiger partial charge in [-0.1, -0.05) is 17.4 Å². The van der Waals surface area contributed by atoms with E-state index in [0.717, 1.165) is 10.2 Å². The van der Waals surface area contributed by atoms with E-state index < -0.39 is 0 Å². The standard InChI is InChI=1S/C9H11N3S/c1-12(2)7-5-3-4-6-8(7)13-9(10)11-6/h3-5H,1-2H3,(H2,10,11). The minimum Gasteiger partial charge on any atom is -0.376 e. The third-order valence-electron chi connectivity index (χ3n) is 1.89. The molecule has 0 bridgehead atoms. The molecule has 3 nitrogen and oxygen atoms in total. The Balaban J connectivity index is 2.75. The molecule has 1 heterocycles. The molecule has 0 unspecified atom stereocenters. The first kappa shape index (κ1) is 8.31. The first-order chi connectivity index (χ1) is 6.18.